The van der Waals surface area contributed by atoms with Crippen LogP contribution in [0.3, 0.4) is 0 Å². The first kappa shape index (κ1) is 14.2. The first-order chi connectivity index (χ1) is 10.2. The van der Waals surface area contributed by atoms with Crippen molar-refractivity contribution in [2.24, 2.45) is 5.41 Å². The van der Waals surface area contributed by atoms with Crippen LogP contribution in [0.4, 0.5) is 4.79 Å². The number of hydrogen-bond donors (Lipinski definition) is 1. The Morgan fingerprint density at radius 1 is 1.14 bits per heavy atom. The summed E-state index contributed by atoms with van der Waals surface area (Å²) in [6.45, 7) is 4.32. The highest BCUT2D eigenvalue weighted by molar-refractivity contribution is 5.68. The third-order valence-corrected chi connectivity index (χ3v) is 5.32. The minimum absolute atomic E-state index is 0.0431. The molecule has 3 heteroatoms. The number of carbonyl (C=O) groups is 1. The van der Waals surface area contributed by atoms with E-state index in [9.17, 15) is 4.79 Å². The zero-order chi connectivity index (χ0) is 14.8. The molecular weight excluding hydrogens is 262 g/mol. The largest absolute Gasteiger partial charge is 0.445 e. The average molecular weight is 285 g/mol. The first-order valence-corrected chi connectivity index (χ1v) is 7.78. The summed E-state index contributed by atoms with van der Waals surface area (Å²) in [6.07, 6.45) is 8.37. The number of fused-ring (bicyclic) bond motifs is 3. The molecule has 0 heterocycles. The third-order valence-electron chi connectivity index (χ3n) is 5.32. The number of amides is 1. The Morgan fingerprint density at radius 3 is 2.33 bits per heavy atom. The molecule has 0 saturated heterocycles. The minimum atomic E-state index is -0.285. The third kappa shape index (κ3) is 2.97. The fourth-order valence-corrected chi connectivity index (χ4v) is 3.68. The van der Waals surface area contributed by atoms with Gasteiger partial charge in [-0.3, -0.25) is 0 Å². The molecule has 0 aromatic heterocycles. The van der Waals surface area contributed by atoms with Crippen molar-refractivity contribution < 1.29 is 9.53 Å². The number of carbonyl (C=O) groups excluding carboxylic acids is 1. The van der Waals surface area contributed by atoms with Crippen LogP contribution in [0.2, 0.25) is 0 Å². The molecule has 21 heavy (non-hydrogen) atoms. The van der Waals surface area contributed by atoms with Crippen molar-refractivity contribution in [3.63, 3.8) is 0 Å². The van der Waals surface area contributed by atoms with Gasteiger partial charge in [0.2, 0.25) is 0 Å². The lowest BCUT2D eigenvalue weighted by atomic mass is 9.57. The second-order valence-corrected chi connectivity index (χ2v) is 6.53. The number of alkyl carbamates (subject to hydrolysis) is 1. The molecule has 4 rings (SSSR count). The highest BCUT2D eigenvalue weighted by Gasteiger charge is 2.47. The van der Waals surface area contributed by atoms with Crippen molar-refractivity contribution in [3.8, 4) is 0 Å². The van der Waals surface area contributed by atoms with Gasteiger partial charge in [0.25, 0.3) is 0 Å². The predicted octanol–water partition coefficient (Wildman–Crippen LogP) is 4.19. The summed E-state index contributed by atoms with van der Waals surface area (Å²) in [7, 11) is 0. The van der Waals surface area contributed by atoms with Crippen molar-refractivity contribution in [1.82, 2.24) is 5.32 Å². The van der Waals surface area contributed by atoms with Crippen molar-refractivity contribution in [3.05, 3.63) is 48.6 Å². The lowest BCUT2D eigenvalue weighted by Gasteiger charge is -2.52. The summed E-state index contributed by atoms with van der Waals surface area (Å²) in [5, 5.41) is 3.14. The summed E-state index contributed by atoms with van der Waals surface area (Å²) >= 11 is 0. The zero-order valence-corrected chi connectivity index (χ0v) is 12.4. The lowest BCUT2D eigenvalue weighted by Crippen LogP contribution is -2.56. The number of ether oxygens (including phenoxy) is 1. The second kappa shape index (κ2) is 5.55. The van der Waals surface area contributed by atoms with Crippen LogP contribution in [-0.4, -0.2) is 11.6 Å². The Balaban J connectivity index is 1.53. The van der Waals surface area contributed by atoms with Crippen LogP contribution in [0.25, 0.3) is 0 Å². The van der Waals surface area contributed by atoms with Crippen molar-refractivity contribution in [2.45, 2.75) is 50.7 Å². The number of nitrogens with one attached hydrogen (secondary N) is 1. The predicted molar refractivity (Wildman–Crippen MR) is 82.8 cm³/mol. The van der Waals surface area contributed by atoms with Crippen molar-refractivity contribution >= 4 is 6.09 Å². The van der Waals surface area contributed by atoms with Gasteiger partial charge in [-0.2, -0.15) is 0 Å². The van der Waals surface area contributed by atoms with Gasteiger partial charge in [-0.1, -0.05) is 36.4 Å². The molecular formula is C18H23NO2. The Bertz CT molecular complexity index is 499. The van der Waals surface area contributed by atoms with Gasteiger partial charge in [0.15, 0.2) is 0 Å². The van der Waals surface area contributed by atoms with Crippen LogP contribution in [0.15, 0.2) is 43.0 Å². The highest BCUT2D eigenvalue weighted by Crippen LogP contribution is 2.52. The fourth-order valence-electron chi connectivity index (χ4n) is 3.68. The molecule has 1 amide bonds. The van der Waals surface area contributed by atoms with E-state index in [2.05, 4.69) is 18.0 Å². The highest BCUT2D eigenvalue weighted by atomic mass is 16.5. The summed E-state index contributed by atoms with van der Waals surface area (Å²) in [6, 6.07) is 9.79. The van der Waals surface area contributed by atoms with Crippen molar-refractivity contribution in [2.75, 3.05) is 0 Å². The maximum Gasteiger partial charge on any atom is 0.407 e. The first-order valence-electron chi connectivity index (χ1n) is 7.78. The molecule has 112 valence electrons. The smallest absolute Gasteiger partial charge is 0.407 e. The molecule has 3 fully saturated rings. The molecule has 0 spiro atoms. The van der Waals surface area contributed by atoms with E-state index in [1.807, 2.05) is 30.3 Å². The number of allylic oxidation sites excluding steroid dienone is 1. The summed E-state index contributed by atoms with van der Waals surface area (Å²) in [4.78, 5) is 12.1. The van der Waals surface area contributed by atoms with E-state index in [0.29, 0.717) is 12.0 Å². The fraction of sp³-hybridized carbons (Fsp3) is 0.500. The van der Waals surface area contributed by atoms with Crippen LogP contribution in [0.5, 0.6) is 0 Å². The Labute approximate surface area is 126 Å². The van der Waals surface area contributed by atoms with Gasteiger partial charge in [0.1, 0.15) is 6.61 Å². The van der Waals surface area contributed by atoms with E-state index >= 15 is 0 Å². The van der Waals surface area contributed by atoms with Crippen LogP contribution in [0.1, 0.15) is 44.1 Å². The van der Waals surface area contributed by atoms with Gasteiger partial charge in [-0.15, -0.1) is 6.58 Å². The Hall–Kier alpha value is -1.77. The summed E-state index contributed by atoms with van der Waals surface area (Å²) < 4.78 is 5.36. The molecule has 3 aliphatic carbocycles. The molecule has 1 aromatic carbocycles. The van der Waals surface area contributed by atoms with Gasteiger partial charge >= 0.3 is 6.09 Å². The van der Waals surface area contributed by atoms with Gasteiger partial charge < -0.3 is 10.1 Å². The van der Waals surface area contributed by atoms with E-state index < -0.39 is 0 Å². The molecule has 0 atom stereocenters. The normalized spacial score (nSPS) is 30.7. The topological polar surface area (TPSA) is 38.3 Å². The Kier molecular flexibility index (Phi) is 3.75. The monoisotopic (exact) mass is 285 g/mol. The second-order valence-electron chi connectivity index (χ2n) is 6.53. The molecule has 0 unspecified atom stereocenters. The summed E-state index contributed by atoms with van der Waals surface area (Å²) in [5.74, 6) is 0. The van der Waals surface area contributed by atoms with Crippen LogP contribution in [-0.2, 0) is 11.3 Å². The lowest BCUT2D eigenvalue weighted by molar-refractivity contribution is 0.0486. The standard InChI is InChI=1S/C18H23NO2/c1-2-17-8-11-18(12-9-17,13-10-17)19-16(20)21-14-15-6-4-3-5-7-15/h2-7H,1,8-14H2,(H,19,20). The maximum absolute atomic E-state index is 12.1. The number of rotatable bonds is 4. The quantitative estimate of drug-likeness (QED) is 0.842. The van der Waals surface area contributed by atoms with Gasteiger partial charge in [0, 0.05) is 5.54 Å². The average Bonchev–Trinajstić information content (AvgIpc) is 2.55. The molecule has 1 N–H and O–H groups in total. The molecule has 2 bridgehead atoms. The molecule has 3 saturated carbocycles. The van der Waals surface area contributed by atoms with E-state index in [1.165, 1.54) is 0 Å². The van der Waals surface area contributed by atoms with Crippen molar-refractivity contribution in [1.29, 1.82) is 0 Å². The zero-order valence-electron chi connectivity index (χ0n) is 12.4. The molecule has 1 aromatic rings. The van der Waals surface area contributed by atoms with Crippen LogP contribution >= 0.6 is 0 Å². The molecule has 0 aliphatic heterocycles. The van der Waals surface area contributed by atoms with Gasteiger partial charge in [-0.05, 0) is 49.5 Å². The number of benzene rings is 1. The minimum Gasteiger partial charge on any atom is -0.445 e. The van der Waals surface area contributed by atoms with Crippen LogP contribution < -0.4 is 5.32 Å². The summed E-state index contributed by atoms with van der Waals surface area (Å²) in [5.41, 5.74) is 1.30. The maximum atomic E-state index is 12.1. The van der Waals surface area contributed by atoms with E-state index in [0.717, 1.165) is 44.1 Å². The van der Waals surface area contributed by atoms with Gasteiger partial charge in [0.05, 0.1) is 0 Å². The number of hydrogen-bond acceptors (Lipinski definition) is 2. The van der Waals surface area contributed by atoms with E-state index in [-0.39, 0.29) is 11.6 Å². The van der Waals surface area contributed by atoms with Gasteiger partial charge in [-0.25, -0.2) is 4.79 Å². The van der Waals surface area contributed by atoms with E-state index in [4.69, 9.17) is 4.74 Å². The molecule has 3 nitrogen and oxygen atoms in total. The van der Waals surface area contributed by atoms with E-state index in [1.54, 1.807) is 0 Å². The van der Waals surface area contributed by atoms with Crippen LogP contribution in [0, 0.1) is 5.41 Å². The Morgan fingerprint density at radius 2 is 1.76 bits per heavy atom. The molecule has 3 aliphatic rings. The molecule has 0 radical (unpaired) electrons. The SMILES string of the molecule is C=CC12CCC(NC(=O)OCc3ccccc3)(CC1)CC2.